The quantitative estimate of drug-likeness (QED) is 0.860. The third kappa shape index (κ3) is 2.85. The fourth-order valence-corrected chi connectivity index (χ4v) is 3.81. The third-order valence-electron chi connectivity index (χ3n) is 3.56. The normalized spacial score (nSPS) is 15.1. The number of aromatic nitrogens is 2. The number of hydrogen-bond donors (Lipinski definition) is 1. The molecule has 3 rings (SSSR count). The van der Waals surface area contributed by atoms with Crippen LogP contribution < -0.4 is 5.73 Å². The highest BCUT2D eigenvalue weighted by atomic mass is 32.2. The SMILES string of the molecule is NC(=O)c1n[c]c2c(n1)CN(S(=O)(=O)c1ccc(F)cc1F)CC2. The molecule has 0 saturated carbocycles. The van der Waals surface area contributed by atoms with E-state index in [0.29, 0.717) is 11.6 Å². The summed E-state index contributed by atoms with van der Waals surface area (Å²) < 4.78 is 52.9. The highest BCUT2D eigenvalue weighted by molar-refractivity contribution is 7.89. The number of primary amides is 1. The lowest BCUT2D eigenvalue weighted by Crippen LogP contribution is -2.37. The van der Waals surface area contributed by atoms with Gasteiger partial charge in [0.05, 0.1) is 18.4 Å². The van der Waals surface area contributed by atoms with Crippen LogP contribution >= 0.6 is 0 Å². The van der Waals surface area contributed by atoms with E-state index in [9.17, 15) is 22.0 Å². The van der Waals surface area contributed by atoms with Crippen molar-refractivity contribution in [2.24, 2.45) is 5.73 Å². The molecule has 1 aromatic heterocycles. The molecule has 1 aliphatic rings. The highest BCUT2D eigenvalue weighted by Gasteiger charge is 2.32. The van der Waals surface area contributed by atoms with E-state index in [-0.39, 0.29) is 31.0 Å². The van der Waals surface area contributed by atoms with Crippen molar-refractivity contribution in [2.45, 2.75) is 17.9 Å². The molecule has 0 aliphatic carbocycles. The molecule has 24 heavy (non-hydrogen) atoms. The topological polar surface area (TPSA) is 106 Å². The minimum absolute atomic E-state index is 0.0575. The molecular weight excluding hydrogens is 342 g/mol. The molecule has 2 N–H and O–H groups in total. The average Bonchev–Trinajstić information content (AvgIpc) is 2.53. The lowest BCUT2D eigenvalue weighted by Gasteiger charge is -2.27. The van der Waals surface area contributed by atoms with E-state index in [1.165, 1.54) is 0 Å². The van der Waals surface area contributed by atoms with Gasteiger partial charge >= 0.3 is 0 Å². The number of halogens is 2. The van der Waals surface area contributed by atoms with Gasteiger partial charge in [-0.05, 0) is 18.6 Å². The molecule has 1 aromatic carbocycles. The van der Waals surface area contributed by atoms with Crippen LogP contribution in [-0.4, -0.2) is 35.1 Å². The molecule has 10 heteroatoms. The van der Waals surface area contributed by atoms with Gasteiger partial charge in [0, 0.05) is 18.2 Å². The Bertz CT molecular complexity index is 934. The van der Waals surface area contributed by atoms with Gasteiger partial charge in [0.15, 0.2) is 0 Å². The largest absolute Gasteiger partial charge is 0.363 e. The van der Waals surface area contributed by atoms with E-state index in [4.69, 9.17) is 5.73 Å². The molecule has 0 fully saturated rings. The number of benzene rings is 1. The van der Waals surface area contributed by atoms with Crippen molar-refractivity contribution in [3.05, 3.63) is 53.1 Å². The van der Waals surface area contributed by atoms with Gasteiger partial charge in [0.1, 0.15) is 16.5 Å². The van der Waals surface area contributed by atoms with Gasteiger partial charge in [0.2, 0.25) is 15.8 Å². The van der Waals surface area contributed by atoms with Crippen LogP contribution in [0.15, 0.2) is 23.1 Å². The van der Waals surface area contributed by atoms with E-state index in [0.717, 1.165) is 16.4 Å². The predicted molar refractivity (Wildman–Crippen MR) is 77.0 cm³/mol. The van der Waals surface area contributed by atoms with Crippen LogP contribution in [0.1, 0.15) is 21.9 Å². The zero-order chi connectivity index (χ0) is 17.5. The van der Waals surface area contributed by atoms with Gasteiger partial charge in [-0.1, -0.05) is 0 Å². The van der Waals surface area contributed by atoms with Crippen molar-refractivity contribution in [3.8, 4) is 0 Å². The predicted octanol–water partition coefficient (Wildman–Crippen LogP) is 0.401. The molecule has 0 saturated heterocycles. The molecule has 1 amide bonds. The molecule has 2 aromatic rings. The van der Waals surface area contributed by atoms with E-state index >= 15 is 0 Å². The number of hydrogen-bond acceptors (Lipinski definition) is 5. The fraction of sp³-hybridized carbons (Fsp3) is 0.214. The molecule has 125 valence electrons. The van der Waals surface area contributed by atoms with E-state index in [1.54, 1.807) is 0 Å². The summed E-state index contributed by atoms with van der Waals surface area (Å²) in [4.78, 5) is 18.1. The van der Waals surface area contributed by atoms with Crippen molar-refractivity contribution >= 4 is 15.9 Å². The minimum atomic E-state index is -4.18. The molecule has 1 aliphatic heterocycles. The van der Waals surface area contributed by atoms with Crippen molar-refractivity contribution in [3.63, 3.8) is 0 Å². The molecule has 0 unspecified atom stereocenters. The van der Waals surface area contributed by atoms with Crippen LogP contribution in [0.25, 0.3) is 0 Å². The molecule has 0 spiro atoms. The number of carbonyl (C=O) groups is 1. The average molecular weight is 353 g/mol. The summed E-state index contributed by atoms with van der Waals surface area (Å²) in [6.45, 7) is -0.129. The Morgan fingerprint density at radius 3 is 2.75 bits per heavy atom. The number of fused-ring (bicyclic) bond motifs is 1. The van der Waals surface area contributed by atoms with Crippen LogP contribution in [0, 0.1) is 17.8 Å². The van der Waals surface area contributed by atoms with Gasteiger partial charge in [-0.3, -0.25) is 4.79 Å². The Labute approximate surface area is 136 Å². The number of carbonyl (C=O) groups excluding carboxylic acids is 1. The number of amides is 1. The number of rotatable bonds is 3. The Kier molecular flexibility index (Phi) is 4.01. The number of sulfonamides is 1. The van der Waals surface area contributed by atoms with Crippen LogP contribution in [0.4, 0.5) is 8.78 Å². The lowest BCUT2D eigenvalue weighted by molar-refractivity contribution is 0.0989. The van der Waals surface area contributed by atoms with Gasteiger partial charge < -0.3 is 5.73 Å². The second-order valence-electron chi connectivity index (χ2n) is 5.11. The number of nitrogens with two attached hydrogens (primary N) is 1. The van der Waals surface area contributed by atoms with Crippen molar-refractivity contribution in [1.29, 1.82) is 0 Å². The maximum Gasteiger partial charge on any atom is 0.286 e. The lowest BCUT2D eigenvalue weighted by atomic mass is 10.1. The fourth-order valence-electron chi connectivity index (χ4n) is 2.36. The minimum Gasteiger partial charge on any atom is -0.363 e. The van der Waals surface area contributed by atoms with E-state index in [1.807, 2.05) is 0 Å². The van der Waals surface area contributed by atoms with Gasteiger partial charge in [-0.25, -0.2) is 27.2 Å². The van der Waals surface area contributed by atoms with Crippen LogP contribution in [0.3, 0.4) is 0 Å². The smallest absolute Gasteiger partial charge is 0.286 e. The van der Waals surface area contributed by atoms with E-state index < -0.39 is 32.5 Å². The first-order valence-electron chi connectivity index (χ1n) is 6.81. The zero-order valence-corrected chi connectivity index (χ0v) is 13.0. The molecular formula is C14H11F2N4O3S. The Balaban J connectivity index is 1.96. The van der Waals surface area contributed by atoms with Crippen LogP contribution in [-0.2, 0) is 23.0 Å². The second-order valence-corrected chi connectivity index (χ2v) is 7.02. The Hall–Kier alpha value is -2.46. The second kappa shape index (κ2) is 5.87. The zero-order valence-electron chi connectivity index (χ0n) is 12.2. The maximum absolute atomic E-state index is 13.8. The first-order chi connectivity index (χ1) is 11.3. The highest BCUT2D eigenvalue weighted by Crippen LogP contribution is 2.25. The summed E-state index contributed by atoms with van der Waals surface area (Å²) >= 11 is 0. The summed E-state index contributed by atoms with van der Waals surface area (Å²) in [6, 6.07) is 2.25. The van der Waals surface area contributed by atoms with Gasteiger partial charge in [-0.2, -0.15) is 4.31 Å². The molecule has 0 atom stereocenters. The molecule has 1 radical (unpaired) electrons. The maximum atomic E-state index is 13.8. The molecule has 2 heterocycles. The van der Waals surface area contributed by atoms with Crippen LogP contribution in [0.2, 0.25) is 0 Å². The summed E-state index contributed by atoms with van der Waals surface area (Å²) in [5.41, 5.74) is 5.93. The monoisotopic (exact) mass is 353 g/mol. The third-order valence-corrected chi connectivity index (χ3v) is 5.43. The van der Waals surface area contributed by atoms with Gasteiger partial charge in [0.25, 0.3) is 5.91 Å². The Morgan fingerprint density at radius 1 is 1.33 bits per heavy atom. The van der Waals surface area contributed by atoms with Crippen molar-refractivity contribution in [1.82, 2.24) is 14.3 Å². The summed E-state index contributed by atoms with van der Waals surface area (Å²) in [6.07, 6.45) is 2.86. The van der Waals surface area contributed by atoms with Crippen molar-refractivity contribution in [2.75, 3.05) is 6.54 Å². The molecule has 0 bridgehead atoms. The summed E-state index contributed by atoms with van der Waals surface area (Å²) in [7, 11) is -4.18. The summed E-state index contributed by atoms with van der Waals surface area (Å²) in [5.74, 6) is -3.18. The molecule has 7 nitrogen and oxygen atoms in total. The van der Waals surface area contributed by atoms with Crippen LogP contribution in [0.5, 0.6) is 0 Å². The number of nitrogens with zero attached hydrogens (tertiary/aromatic N) is 3. The van der Waals surface area contributed by atoms with E-state index in [2.05, 4.69) is 16.2 Å². The summed E-state index contributed by atoms with van der Waals surface area (Å²) in [5, 5.41) is 0. The van der Waals surface area contributed by atoms with Crippen molar-refractivity contribution < 1.29 is 22.0 Å². The first-order valence-corrected chi connectivity index (χ1v) is 8.25. The standard InChI is InChI=1S/C14H11F2N4O3S/c15-9-1-2-12(10(16)5-9)24(22,23)20-4-3-8-6-18-14(13(17)21)19-11(8)7-20/h1-2,5H,3-4,7H2,(H2,17,21). The first kappa shape index (κ1) is 16.4. The van der Waals surface area contributed by atoms with Gasteiger partial charge in [-0.15, -0.1) is 0 Å². The Morgan fingerprint density at radius 2 is 2.08 bits per heavy atom.